The zero-order valence-corrected chi connectivity index (χ0v) is 11.1. The van der Waals surface area contributed by atoms with Gasteiger partial charge < -0.3 is 20.1 Å². The van der Waals surface area contributed by atoms with Crippen LogP contribution >= 0.6 is 23.2 Å². The quantitative estimate of drug-likeness (QED) is 0.792. The van der Waals surface area contributed by atoms with E-state index in [1.54, 1.807) is 0 Å². The molecule has 18 heavy (non-hydrogen) atoms. The summed E-state index contributed by atoms with van der Waals surface area (Å²) >= 11 is 11.5. The molecule has 0 saturated carbocycles. The van der Waals surface area contributed by atoms with Crippen molar-refractivity contribution in [2.75, 3.05) is 19.8 Å². The molecule has 5 nitrogen and oxygen atoms in total. The van der Waals surface area contributed by atoms with Gasteiger partial charge in [-0.15, -0.1) is 0 Å². The first-order chi connectivity index (χ1) is 8.56. The number of hydrogen-bond donors (Lipinski definition) is 3. The van der Waals surface area contributed by atoms with Gasteiger partial charge in [-0.25, -0.2) is 0 Å². The van der Waals surface area contributed by atoms with Crippen LogP contribution in [0.5, 0.6) is 0 Å². The van der Waals surface area contributed by atoms with Crippen LogP contribution in [0.4, 0.5) is 0 Å². The summed E-state index contributed by atoms with van der Waals surface area (Å²) in [6, 6.07) is 1.46. The van der Waals surface area contributed by atoms with Gasteiger partial charge in [0.05, 0.1) is 17.2 Å². The van der Waals surface area contributed by atoms with Gasteiger partial charge in [0, 0.05) is 13.2 Å². The molecule has 0 aromatic carbocycles. The van der Waals surface area contributed by atoms with Gasteiger partial charge in [-0.1, -0.05) is 23.2 Å². The topological polar surface area (TPSA) is 74.3 Å². The number of hydrogen-bond acceptors (Lipinski definition) is 3. The fraction of sp³-hybridized carbons (Fsp3) is 0.545. The monoisotopic (exact) mass is 292 g/mol. The Labute approximate surface area is 114 Å². The van der Waals surface area contributed by atoms with Gasteiger partial charge in [-0.2, -0.15) is 0 Å². The van der Waals surface area contributed by atoms with E-state index in [4.69, 9.17) is 27.9 Å². The third kappa shape index (κ3) is 2.80. The van der Waals surface area contributed by atoms with Crippen LogP contribution in [-0.4, -0.2) is 41.4 Å². The molecular weight excluding hydrogens is 279 g/mol. The molecule has 7 heteroatoms. The number of ether oxygens (including phenoxy) is 1. The lowest BCUT2D eigenvalue weighted by Gasteiger charge is -2.36. The lowest BCUT2D eigenvalue weighted by Crippen LogP contribution is -2.54. The van der Waals surface area contributed by atoms with E-state index in [-0.39, 0.29) is 23.4 Å². The number of aliphatic hydroxyl groups is 1. The van der Waals surface area contributed by atoms with Crippen LogP contribution in [-0.2, 0) is 4.74 Å². The van der Waals surface area contributed by atoms with Crippen LogP contribution in [0.1, 0.15) is 23.3 Å². The highest BCUT2D eigenvalue weighted by Gasteiger charge is 2.34. The van der Waals surface area contributed by atoms with Gasteiger partial charge >= 0.3 is 0 Å². The molecule has 0 aliphatic carbocycles. The highest BCUT2D eigenvalue weighted by molar-refractivity contribution is 6.41. The second-order valence-corrected chi connectivity index (χ2v) is 5.14. The Morgan fingerprint density at radius 2 is 2.17 bits per heavy atom. The van der Waals surface area contributed by atoms with E-state index >= 15 is 0 Å². The van der Waals surface area contributed by atoms with Crippen molar-refractivity contribution in [1.29, 1.82) is 0 Å². The second-order valence-electron chi connectivity index (χ2n) is 4.35. The number of rotatable bonds is 3. The highest BCUT2D eigenvalue weighted by Crippen LogP contribution is 2.24. The summed E-state index contributed by atoms with van der Waals surface area (Å²) in [7, 11) is 0. The molecule has 1 aliphatic rings. The molecule has 3 N–H and O–H groups in total. The maximum atomic E-state index is 12.0. The highest BCUT2D eigenvalue weighted by atomic mass is 35.5. The number of H-pyrrole nitrogens is 1. The van der Waals surface area contributed by atoms with Crippen LogP contribution < -0.4 is 5.32 Å². The fourth-order valence-corrected chi connectivity index (χ4v) is 2.23. The Bertz CT molecular complexity index is 422. The predicted molar refractivity (Wildman–Crippen MR) is 68.1 cm³/mol. The summed E-state index contributed by atoms with van der Waals surface area (Å²) in [5.41, 5.74) is -0.344. The van der Waals surface area contributed by atoms with Gasteiger partial charge in [0.2, 0.25) is 0 Å². The van der Waals surface area contributed by atoms with Crippen molar-refractivity contribution >= 4 is 29.1 Å². The molecule has 0 atom stereocenters. The largest absolute Gasteiger partial charge is 0.394 e. The number of carbonyl (C=O) groups is 1. The minimum atomic E-state index is -0.626. The van der Waals surface area contributed by atoms with Crippen LogP contribution in [0.25, 0.3) is 0 Å². The number of aromatic nitrogens is 1. The Balaban J connectivity index is 2.09. The van der Waals surface area contributed by atoms with Crippen LogP contribution in [0.15, 0.2) is 6.07 Å². The predicted octanol–water partition coefficient (Wildman–Crippen LogP) is 1.59. The van der Waals surface area contributed by atoms with E-state index in [2.05, 4.69) is 10.3 Å². The molecule has 2 rings (SSSR count). The SMILES string of the molecule is O=C(NC1(CO)CCOCC1)c1cc(Cl)c(Cl)[nH]1. The van der Waals surface area contributed by atoms with Crippen molar-refractivity contribution in [3.63, 3.8) is 0 Å². The van der Waals surface area contributed by atoms with E-state index in [1.807, 2.05) is 0 Å². The molecule has 1 fully saturated rings. The summed E-state index contributed by atoms with van der Waals surface area (Å²) in [6.45, 7) is 0.921. The van der Waals surface area contributed by atoms with E-state index in [1.165, 1.54) is 6.07 Å². The van der Waals surface area contributed by atoms with Crippen LogP contribution in [0, 0.1) is 0 Å². The Hall–Kier alpha value is -0.750. The minimum absolute atomic E-state index is 0.121. The summed E-state index contributed by atoms with van der Waals surface area (Å²) in [5, 5.41) is 12.8. The number of amides is 1. The normalized spacial score (nSPS) is 18.6. The number of carbonyl (C=O) groups excluding carboxylic acids is 1. The van der Waals surface area contributed by atoms with Gasteiger partial charge in [0.25, 0.3) is 5.91 Å². The number of aromatic amines is 1. The first kappa shape index (κ1) is 13.7. The minimum Gasteiger partial charge on any atom is -0.394 e. The molecular formula is C11H14Cl2N2O3. The molecule has 1 amide bonds. The first-order valence-corrected chi connectivity index (χ1v) is 6.37. The van der Waals surface area contributed by atoms with Gasteiger partial charge in [0.15, 0.2) is 0 Å². The number of halogens is 2. The summed E-state index contributed by atoms with van der Waals surface area (Å²) in [5.74, 6) is -0.334. The molecule has 1 aromatic heterocycles. The number of nitrogens with one attached hydrogen (secondary N) is 2. The van der Waals surface area contributed by atoms with Crippen molar-refractivity contribution < 1.29 is 14.6 Å². The lowest BCUT2D eigenvalue weighted by molar-refractivity contribution is 0.0124. The molecule has 1 aromatic rings. The summed E-state index contributed by atoms with van der Waals surface area (Å²) in [6.07, 6.45) is 1.16. The van der Waals surface area contributed by atoms with E-state index in [9.17, 15) is 9.90 Å². The van der Waals surface area contributed by atoms with Crippen molar-refractivity contribution in [3.8, 4) is 0 Å². The maximum absolute atomic E-state index is 12.0. The smallest absolute Gasteiger partial charge is 0.268 e. The van der Waals surface area contributed by atoms with E-state index in [0.717, 1.165) is 0 Å². The summed E-state index contributed by atoms with van der Waals surface area (Å²) < 4.78 is 5.22. The molecule has 0 unspecified atom stereocenters. The third-order valence-electron chi connectivity index (χ3n) is 3.10. The average molecular weight is 293 g/mol. The van der Waals surface area contributed by atoms with E-state index in [0.29, 0.717) is 31.1 Å². The molecule has 1 aliphatic heterocycles. The third-order valence-corrected chi connectivity index (χ3v) is 3.79. The maximum Gasteiger partial charge on any atom is 0.268 e. The molecule has 2 heterocycles. The van der Waals surface area contributed by atoms with Gasteiger partial charge in [-0.3, -0.25) is 4.79 Å². The average Bonchev–Trinajstić information content (AvgIpc) is 2.71. The van der Waals surface area contributed by atoms with Crippen LogP contribution in [0.3, 0.4) is 0 Å². The van der Waals surface area contributed by atoms with Gasteiger partial charge in [-0.05, 0) is 18.9 Å². The van der Waals surface area contributed by atoms with Crippen molar-refractivity contribution in [3.05, 3.63) is 21.9 Å². The zero-order valence-electron chi connectivity index (χ0n) is 9.63. The second kappa shape index (κ2) is 5.48. The molecule has 1 saturated heterocycles. The van der Waals surface area contributed by atoms with Crippen molar-refractivity contribution in [1.82, 2.24) is 10.3 Å². The molecule has 100 valence electrons. The molecule has 0 radical (unpaired) electrons. The van der Waals surface area contributed by atoms with Crippen LogP contribution in [0.2, 0.25) is 10.2 Å². The standard InChI is InChI=1S/C11H14Cl2N2O3/c12-7-5-8(14-9(7)13)10(17)15-11(6-16)1-3-18-4-2-11/h5,14,16H,1-4,6H2,(H,15,17). The van der Waals surface area contributed by atoms with Crippen molar-refractivity contribution in [2.45, 2.75) is 18.4 Å². The lowest BCUT2D eigenvalue weighted by atomic mass is 9.91. The van der Waals surface area contributed by atoms with E-state index < -0.39 is 5.54 Å². The van der Waals surface area contributed by atoms with Crippen molar-refractivity contribution in [2.24, 2.45) is 0 Å². The molecule has 0 spiro atoms. The Kier molecular flexibility index (Phi) is 4.17. The molecule has 0 bridgehead atoms. The zero-order chi connectivity index (χ0) is 13.2. The summed E-state index contributed by atoms with van der Waals surface area (Å²) in [4.78, 5) is 14.7. The Morgan fingerprint density at radius 3 is 2.67 bits per heavy atom. The van der Waals surface area contributed by atoms with Gasteiger partial charge in [0.1, 0.15) is 10.8 Å². The Morgan fingerprint density at radius 1 is 1.50 bits per heavy atom. The first-order valence-electron chi connectivity index (χ1n) is 5.61. The fourth-order valence-electron chi connectivity index (χ4n) is 1.92. The number of aliphatic hydroxyl groups excluding tert-OH is 1.